The number of nitrogens with one attached hydrogen (secondary N) is 1. The van der Waals surface area contributed by atoms with Gasteiger partial charge in [-0.3, -0.25) is 9.59 Å². The highest BCUT2D eigenvalue weighted by molar-refractivity contribution is 5.91. The second kappa shape index (κ2) is 6.93. The van der Waals surface area contributed by atoms with Crippen LogP contribution in [0.25, 0.3) is 0 Å². The van der Waals surface area contributed by atoms with Crippen molar-refractivity contribution in [1.29, 1.82) is 0 Å². The van der Waals surface area contributed by atoms with E-state index in [1.165, 1.54) is 21.1 Å². The zero-order valence-corrected chi connectivity index (χ0v) is 16.9. The Kier molecular flexibility index (Phi) is 4.67. The van der Waals surface area contributed by atoms with Gasteiger partial charge in [-0.1, -0.05) is 0 Å². The van der Waals surface area contributed by atoms with Crippen LogP contribution in [0.4, 0.5) is 10.5 Å². The van der Waals surface area contributed by atoms with E-state index in [1.807, 2.05) is 0 Å². The first-order valence-corrected chi connectivity index (χ1v) is 9.89. The molecule has 3 atom stereocenters. The first kappa shape index (κ1) is 19.5. The standard InChI is InChI=1S/C21H26N2O6/c1-11(24)22-15-9-17(28-2)19(26)18-13(15)8-16-14-5-4-12(25)10-21(14,18)6-7-23(16)20(27)29-3/h9,14,16,26H,4-8,10H2,1-3H3,(H,22,24). The van der Waals surface area contributed by atoms with E-state index in [0.29, 0.717) is 49.9 Å². The smallest absolute Gasteiger partial charge is 0.409 e. The molecule has 1 aliphatic heterocycles. The largest absolute Gasteiger partial charge is 0.504 e. The number of anilines is 1. The van der Waals surface area contributed by atoms with Gasteiger partial charge >= 0.3 is 6.09 Å². The Morgan fingerprint density at radius 2 is 2.10 bits per heavy atom. The number of amides is 2. The van der Waals surface area contributed by atoms with Crippen molar-refractivity contribution in [2.45, 2.75) is 50.5 Å². The summed E-state index contributed by atoms with van der Waals surface area (Å²) in [4.78, 5) is 38.5. The number of aromatic hydroxyl groups is 1. The maximum Gasteiger partial charge on any atom is 0.409 e. The number of rotatable bonds is 2. The van der Waals surface area contributed by atoms with Gasteiger partial charge in [0.1, 0.15) is 5.78 Å². The molecule has 1 saturated carbocycles. The van der Waals surface area contributed by atoms with Gasteiger partial charge in [0.25, 0.3) is 0 Å². The Morgan fingerprint density at radius 3 is 2.76 bits per heavy atom. The van der Waals surface area contributed by atoms with Crippen molar-refractivity contribution in [3.05, 3.63) is 17.2 Å². The Morgan fingerprint density at radius 1 is 1.34 bits per heavy atom. The molecule has 8 heteroatoms. The third-order valence-electron chi connectivity index (χ3n) is 6.84. The van der Waals surface area contributed by atoms with Gasteiger partial charge in [0, 0.05) is 55.1 Å². The van der Waals surface area contributed by atoms with E-state index in [4.69, 9.17) is 9.47 Å². The summed E-state index contributed by atoms with van der Waals surface area (Å²) in [6.45, 7) is 1.87. The van der Waals surface area contributed by atoms with Crippen LogP contribution < -0.4 is 10.1 Å². The highest BCUT2D eigenvalue weighted by Gasteiger charge is 2.58. The molecule has 3 unspecified atom stereocenters. The third-order valence-corrected chi connectivity index (χ3v) is 6.84. The number of hydrogen-bond donors (Lipinski definition) is 2. The quantitative estimate of drug-likeness (QED) is 0.736. The Hall–Kier alpha value is -2.77. The zero-order chi connectivity index (χ0) is 20.9. The molecule has 2 N–H and O–H groups in total. The van der Waals surface area contributed by atoms with Crippen LogP contribution in [-0.4, -0.2) is 54.6 Å². The molecule has 0 aromatic heterocycles. The number of phenolic OH excluding ortho intramolecular Hbond substituents is 1. The lowest BCUT2D eigenvalue weighted by Crippen LogP contribution is -2.63. The van der Waals surface area contributed by atoms with Gasteiger partial charge in [0.2, 0.25) is 5.91 Å². The van der Waals surface area contributed by atoms with Gasteiger partial charge in [-0.2, -0.15) is 0 Å². The normalized spacial score (nSPS) is 27.6. The first-order valence-electron chi connectivity index (χ1n) is 9.89. The molecule has 2 aliphatic carbocycles. The summed E-state index contributed by atoms with van der Waals surface area (Å²) in [5, 5.41) is 13.9. The Labute approximate surface area is 169 Å². The molecule has 3 aliphatic rings. The van der Waals surface area contributed by atoms with Crippen molar-refractivity contribution in [2.24, 2.45) is 5.92 Å². The minimum atomic E-state index is -0.579. The molecule has 1 heterocycles. The van der Waals surface area contributed by atoms with Crippen LogP contribution in [0.2, 0.25) is 0 Å². The number of hydrogen-bond acceptors (Lipinski definition) is 6. The van der Waals surface area contributed by atoms with Gasteiger partial charge in [-0.05, 0) is 30.7 Å². The Balaban J connectivity index is 1.96. The van der Waals surface area contributed by atoms with Crippen LogP contribution in [0.5, 0.6) is 11.5 Å². The lowest BCUT2D eigenvalue weighted by atomic mass is 9.51. The van der Waals surface area contributed by atoms with Gasteiger partial charge in [-0.25, -0.2) is 4.79 Å². The minimum absolute atomic E-state index is 0.0290. The Bertz CT molecular complexity index is 898. The van der Waals surface area contributed by atoms with E-state index in [1.54, 1.807) is 11.0 Å². The van der Waals surface area contributed by atoms with E-state index < -0.39 is 5.41 Å². The van der Waals surface area contributed by atoms with Crippen molar-refractivity contribution in [3.63, 3.8) is 0 Å². The molecule has 0 radical (unpaired) electrons. The fourth-order valence-corrected chi connectivity index (χ4v) is 5.80. The van der Waals surface area contributed by atoms with Gasteiger partial charge < -0.3 is 24.8 Å². The number of phenols is 1. The van der Waals surface area contributed by atoms with Crippen molar-refractivity contribution < 1.29 is 29.0 Å². The highest BCUT2D eigenvalue weighted by atomic mass is 16.5. The molecule has 1 saturated heterocycles. The SMILES string of the molecule is COC(=O)N1CCC23CC(=O)CCC2C1Cc1c(NC(C)=O)cc(OC)c(O)c13. The van der Waals surface area contributed by atoms with Crippen LogP contribution >= 0.6 is 0 Å². The molecule has 156 valence electrons. The summed E-state index contributed by atoms with van der Waals surface area (Å²) in [6, 6.07) is 1.45. The van der Waals surface area contributed by atoms with Crippen LogP contribution in [-0.2, 0) is 26.2 Å². The molecule has 1 aromatic rings. The third kappa shape index (κ3) is 2.84. The summed E-state index contributed by atoms with van der Waals surface area (Å²) < 4.78 is 10.4. The van der Waals surface area contributed by atoms with Crippen molar-refractivity contribution in [3.8, 4) is 11.5 Å². The number of likely N-dealkylation sites (tertiary alicyclic amines) is 1. The van der Waals surface area contributed by atoms with E-state index in [0.717, 1.165) is 5.56 Å². The second-order valence-corrected chi connectivity index (χ2v) is 8.21. The maximum atomic E-state index is 12.5. The van der Waals surface area contributed by atoms with Crippen molar-refractivity contribution >= 4 is 23.5 Å². The predicted molar refractivity (Wildman–Crippen MR) is 104 cm³/mol. The van der Waals surface area contributed by atoms with Crippen LogP contribution in [0.1, 0.15) is 43.7 Å². The summed E-state index contributed by atoms with van der Waals surface area (Å²) in [5.41, 5.74) is 1.43. The van der Waals surface area contributed by atoms with Crippen molar-refractivity contribution in [2.75, 3.05) is 26.1 Å². The summed E-state index contributed by atoms with van der Waals surface area (Å²) in [5.74, 6) is 0.245. The molecule has 2 amide bonds. The summed E-state index contributed by atoms with van der Waals surface area (Å²) in [7, 11) is 2.83. The fraction of sp³-hybridized carbons (Fsp3) is 0.571. The molecule has 8 nitrogen and oxygen atoms in total. The summed E-state index contributed by atoms with van der Waals surface area (Å²) >= 11 is 0. The predicted octanol–water partition coefficient (Wildman–Crippen LogP) is 2.36. The number of carbonyl (C=O) groups excluding carboxylic acids is 3. The highest BCUT2D eigenvalue weighted by Crippen LogP contribution is 2.60. The number of ether oxygens (including phenoxy) is 2. The van der Waals surface area contributed by atoms with Crippen LogP contribution in [0.3, 0.4) is 0 Å². The number of methoxy groups -OCH3 is 2. The number of ketones is 1. The van der Waals surface area contributed by atoms with Crippen molar-refractivity contribution in [1.82, 2.24) is 4.90 Å². The van der Waals surface area contributed by atoms with Crippen LogP contribution in [0, 0.1) is 5.92 Å². The number of fused-ring (bicyclic) bond motifs is 1. The fourth-order valence-electron chi connectivity index (χ4n) is 5.80. The van der Waals surface area contributed by atoms with Gasteiger partial charge in [0.05, 0.1) is 14.2 Å². The number of Topliss-reactive ketones (excluding diaryl/α,β-unsaturated/α-hetero) is 1. The van der Waals surface area contributed by atoms with Crippen LogP contribution in [0.15, 0.2) is 6.07 Å². The second-order valence-electron chi connectivity index (χ2n) is 8.21. The minimum Gasteiger partial charge on any atom is -0.504 e. The van der Waals surface area contributed by atoms with E-state index >= 15 is 0 Å². The lowest BCUT2D eigenvalue weighted by Gasteiger charge is -2.58. The number of carbonyl (C=O) groups is 3. The van der Waals surface area contributed by atoms with Gasteiger partial charge in [-0.15, -0.1) is 0 Å². The average Bonchev–Trinajstić information content (AvgIpc) is 2.68. The number of nitrogens with zero attached hydrogens (tertiary/aromatic N) is 1. The van der Waals surface area contributed by atoms with E-state index in [2.05, 4.69) is 5.32 Å². The number of benzene rings is 1. The molecule has 29 heavy (non-hydrogen) atoms. The molecular weight excluding hydrogens is 376 g/mol. The molecule has 2 fully saturated rings. The van der Waals surface area contributed by atoms with Gasteiger partial charge in [0.15, 0.2) is 11.5 Å². The monoisotopic (exact) mass is 402 g/mol. The molecule has 2 bridgehead atoms. The molecular formula is C21H26N2O6. The van der Waals surface area contributed by atoms with E-state index in [9.17, 15) is 19.5 Å². The topological polar surface area (TPSA) is 105 Å². The average molecular weight is 402 g/mol. The molecule has 4 rings (SSSR count). The number of piperidine rings is 1. The molecule has 1 aromatic carbocycles. The molecule has 0 spiro atoms. The maximum absolute atomic E-state index is 12.5. The zero-order valence-electron chi connectivity index (χ0n) is 16.9. The summed E-state index contributed by atoms with van der Waals surface area (Å²) in [6.07, 6.45) is 2.07. The lowest BCUT2D eigenvalue weighted by molar-refractivity contribution is -0.126. The first-order chi connectivity index (χ1) is 13.8. The van der Waals surface area contributed by atoms with E-state index in [-0.39, 0.29) is 41.2 Å².